The molecule has 2 amide bonds. The minimum atomic E-state index is -1.95. The number of rotatable bonds is 7. The van der Waals surface area contributed by atoms with Crippen molar-refractivity contribution < 1.29 is 22.7 Å². The van der Waals surface area contributed by atoms with Gasteiger partial charge in [0, 0.05) is 31.7 Å². The molecule has 2 aromatic rings. The van der Waals surface area contributed by atoms with Crippen LogP contribution in [0.5, 0.6) is 0 Å². The summed E-state index contributed by atoms with van der Waals surface area (Å²) >= 11 is 0. The Morgan fingerprint density at radius 1 is 1.11 bits per heavy atom. The molecule has 1 unspecified atom stereocenters. The molecule has 38 heavy (non-hydrogen) atoms. The normalized spacial score (nSPS) is 20.6. The van der Waals surface area contributed by atoms with E-state index in [1.54, 1.807) is 4.90 Å². The van der Waals surface area contributed by atoms with Crippen LogP contribution in [0.3, 0.4) is 0 Å². The summed E-state index contributed by atoms with van der Waals surface area (Å²) in [4.78, 5) is 15.7. The lowest BCUT2D eigenvalue weighted by molar-refractivity contribution is 0.0284. The molecule has 0 spiro atoms. The number of hydrogen-bond acceptors (Lipinski definition) is 4. The van der Waals surface area contributed by atoms with Crippen LogP contribution in [0.4, 0.5) is 13.6 Å². The van der Waals surface area contributed by atoms with E-state index in [0.717, 1.165) is 23.8 Å². The Morgan fingerprint density at radius 3 is 2.45 bits per heavy atom. The summed E-state index contributed by atoms with van der Waals surface area (Å²) < 4.78 is 41.0. The topological polar surface area (TPSA) is 54.4 Å². The van der Waals surface area contributed by atoms with Crippen molar-refractivity contribution in [3.63, 3.8) is 0 Å². The number of carbonyl (C=O) groups excluding carboxylic acids is 1. The summed E-state index contributed by atoms with van der Waals surface area (Å²) in [5.41, 5.74) is 0.490. The third-order valence-electron chi connectivity index (χ3n) is 8.10. The van der Waals surface area contributed by atoms with E-state index in [2.05, 4.69) is 33.9 Å². The highest BCUT2D eigenvalue weighted by atomic mass is 28.4. The number of urea groups is 1. The number of benzene rings is 2. The second-order valence-corrected chi connectivity index (χ2v) is 16.5. The van der Waals surface area contributed by atoms with Crippen molar-refractivity contribution in [1.29, 1.82) is 0 Å². The van der Waals surface area contributed by atoms with Gasteiger partial charge in [-0.05, 0) is 54.7 Å². The number of amides is 2. The molecule has 9 heteroatoms. The smallest absolute Gasteiger partial charge is 0.341 e. The molecule has 2 aromatic carbocycles. The first-order valence-corrected chi connectivity index (χ1v) is 16.2. The van der Waals surface area contributed by atoms with Crippen molar-refractivity contribution in [3.05, 3.63) is 71.3 Å². The summed E-state index contributed by atoms with van der Waals surface area (Å²) in [7, 11) is -1.95. The summed E-state index contributed by atoms with van der Waals surface area (Å²) in [5, 5.41) is 6.31. The molecular formula is C29H39F2N3O3Si. The predicted octanol–water partition coefficient (Wildman–Crippen LogP) is 6.52. The van der Waals surface area contributed by atoms with E-state index in [9.17, 15) is 13.6 Å². The van der Waals surface area contributed by atoms with Crippen LogP contribution in [0.15, 0.2) is 53.6 Å². The van der Waals surface area contributed by atoms with Crippen LogP contribution in [-0.2, 0) is 14.7 Å². The largest absolute Gasteiger partial charge is 0.417 e. The molecule has 0 N–H and O–H groups in total. The number of ether oxygens (including phenoxy) is 1. The van der Waals surface area contributed by atoms with Crippen molar-refractivity contribution in [2.75, 3.05) is 32.9 Å². The molecule has 1 fully saturated rings. The van der Waals surface area contributed by atoms with Crippen molar-refractivity contribution >= 4 is 20.1 Å². The van der Waals surface area contributed by atoms with Gasteiger partial charge in [0.05, 0.1) is 24.5 Å². The van der Waals surface area contributed by atoms with Gasteiger partial charge in [-0.1, -0.05) is 51.1 Å². The molecule has 2 aliphatic rings. The quantitative estimate of drug-likeness (QED) is 0.295. The molecule has 0 aromatic heterocycles. The summed E-state index contributed by atoms with van der Waals surface area (Å²) in [6, 6.07) is 12.9. The molecule has 1 atom stereocenters. The molecule has 4 rings (SSSR count). The first kappa shape index (κ1) is 28.4. The van der Waals surface area contributed by atoms with Gasteiger partial charge in [0.2, 0.25) is 0 Å². The fraction of sp³-hybridized carbons (Fsp3) is 0.517. The Balaban J connectivity index is 1.71. The van der Waals surface area contributed by atoms with Crippen LogP contribution >= 0.6 is 0 Å². The summed E-state index contributed by atoms with van der Waals surface area (Å²) in [5.74, 6) is -1.11. The molecular weight excluding hydrogens is 504 g/mol. The molecule has 0 bridgehead atoms. The zero-order valence-electron chi connectivity index (χ0n) is 23.1. The summed E-state index contributed by atoms with van der Waals surface area (Å²) in [6.07, 6.45) is 1.52. The fourth-order valence-electron chi connectivity index (χ4n) is 4.81. The minimum Gasteiger partial charge on any atom is -0.417 e. The van der Waals surface area contributed by atoms with E-state index in [1.165, 1.54) is 5.01 Å². The molecule has 0 aliphatic carbocycles. The number of hydrogen-bond donors (Lipinski definition) is 0. The second-order valence-electron chi connectivity index (χ2n) is 11.7. The first-order valence-electron chi connectivity index (χ1n) is 13.3. The molecule has 2 aliphatic heterocycles. The van der Waals surface area contributed by atoms with E-state index in [4.69, 9.17) is 14.3 Å². The second kappa shape index (κ2) is 11.2. The molecule has 0 radical (unpaired) electrons. The molecule has 6 nitrogen and oxygen atoms in total. The van der Waals surface area contributed by atoms with Gasteiger partial charge in [0.1, 0.15) is 11.6 Å². The highest BCUT2D eigenvalue weighted by molar-refractivity contribution is 6.74. The SMILES string of the molecule is CC(C)(C)[Si](C)(C)OCCCC1(c2ccccc2)CC(c2cc(F)ccc2F)=NN1C(=O)N1CCOCC1. The highest BCUT2D eigenvalue weighted by Gasteiger charge is 2.49. The number of hydrazone groups is 1. The average Bonchev–Trinajstić information content (AvgIpc) is 3.28. The van der Waals surface area contributed by atoms with E-state index < -0.39 is 25.5 Å². The lowest BCUT2D eigenvalue weighted by atomic mass is 9.80. The molecule has 0 saturated carbocycles. The maximum absolute atomic E-state index is 14.9. The zero-order valence-corrected chi connectivity index (χ0v) is 24.1. The maximum Gasteiger partial charge on any atom is 0.341 e. The number of halogens is 2. The third kappa shape index (κ3) is 5.84. The fourth-order valence-corrected chi connectivity index (χ4v) is 5.89. The Hall–Kier alpha value is -2.62. The van der Waals surface area contributed by atoms with Crippen molar-refractivity contribution in [3.8, 4) is 0 Å². The van der Waals surface area contributed by atoms with Crippen molar-refractivity contribution in [1.82, 2.24) is 9.91 Å². The van der Waals surface area contributed by atoms with Crippen LogP contribution in [-0.4, -0.2) is 62.9 Å². The van der Waals surface area contributed by atoms with Crippen LogP contribution in [0.1, 0.15) is 51.2 Å². The van der Waals surface area contributed by atoms with E-state index in [1.807, 2.05) is 30.3 Å². The van der Waals surface area contributed by atoms with Crippen LogP contribution in [0, 0.1) is 11.6 Å². The third-order valence-corrected chi connectivity index (χ3v) is 12.6. The van der Waals surface area contributed by atoms with Crippen LogP contribution < -0.4 is 0 Å². The van der Waals surface area contributed by atoms with E-state index in [0.29, 0.717) is 51.5 Å². The summed E-state index contributed by atoms with van der Waals surface area (Å²) in [6.45, 7) is 13.4. The Morgan fingerprint density at radius 2 is 1.79 bits per heavy atom. The molecule has 1 saturated heterocycles. The van der Waals surface area contributed by atoms with Gasteiger partial charge in [0.15, 0.2) is 8.32 Å². The van der Waals surface area contributed by atoms with E-state index >= 15 is 0 Å². The van der Waals surface area contributed by atoms with E-state index in [-0.39, 0.29) is 23.1 Å². The van der Waals surface area contributed by atoms with Gasteiger partial charge in [-0.3, -0.25) is 0 Å². The maximum atomic E-state index is 14.9. The number of morpholine rings is 1. The minimum absolute atomic E-state index is 0.0834. The average molecular weight is 544 g/mol. The first-order chi connectivity index (χ1) is 17.9. The van der Waals surface area contributed by atoms with Gasteiger partial charge in [0.25, 0.3) is 0 Å². The lowest BCUT2D eigenvalue weighted by Gasteiger charge is -2.41. The zero-order chi connectivity index (χ0) is 27.6. The number of carbonyl (C=O) groups is 1. The number of nitrogens with zero attached hydrogens (tertiary/aromatic N) is 3. The Bertz CT molecular complexity index is 1160. The molecule has 206 valence electrons. The van der Waals surface area contributed by atoms with Gasteiger partial charge in [-0.15, -0.1) is 0 Å². The van der Waals surface area contributed by atoms with Crippen LogP contribution in [0.2, 0.25) is 18.1 Å². The molecule has 2 heterocycles. The van der Waals surface area contributed by atoms with Gasteiger partial charge in [-0.25, -0.2) is 18.6 Å². The van der Waals surface area contributed by atoms with Crippen molar-refractivity contribution in [2.45, 2.75) is 63.7 Å². The van der Waals surface area contributed by atoms with Gasteiger partial charge in [-0.2, -0.15) is 5.10 Å². The van der Waals surface area contributed by atoms with Gasteiger partial charge < -0.3 is 14.1 Å². The lowest BCUT2D eigenvalue weighted by Crippen LogP contribution is -2.52. The standard InChI is InChI=1S/C29H39F2N3O3Si/c1-28(2,3)38(4,5)37-17-9-14-29(22-10-7-6-8-11-22)21-26(24-20-23(30)12-13-25(24)31)32-34(29)27(35)33-15-18-36-19-16-33/h6-8,10-13,20H,9,14-19,21H2,1-5H3. The monoisotopic (exact) mass is 543 g/mol. The van der Waals surface area contributed by atoms with Crippen molar-refractivity contribution in [2.24, 2.45) is 5.10 Å². The highest BCUT2D eigenvalue weighted by Crippen LogP contribution is 2.44. The van der Waals surface area contributed by atoms with Gasteiger partial charge >= 0.3 is 6.03 Å². The Labute approximate surface area is 225 Å². The predicted molar refractivity (Wildman–Crippen MR) is 148 cm³/mol. The Kier molecular flexibility index (Phi) is 8.39. The van der Waals surface area contributed by atoms with Crippen LogP contribution in [0.25, 0.3) is 0 Å².